The molecule has 7 nitrogen and oxygen atoms in total. The number of rotatable bonds is 9. The number of aromatic nitrogens is 4. The summed E-state index contributed by atoms with van der Waals surface area (Å²) in [6.45, 7) is 2.84. The minimum absolute atomic E-state index is 0.0472. The molecule has 0 atom stereocenters. The lowest BCUT2D eigenvalue weighted by Gasteiger charge is -2.08. The number of Topliss-reactive ketones (excluding diaryl/α,β-unsaturated/α-hetero) is 1. The Balaban J connectivity index is 1.67. The van der Waals surface area contributed by atoms with Gasteiger partial charge in [0.25, 0.3) is 0 Å². The molecule has 0 aliphatic rings. The number of hydrogen-bond acceptors (Lipinski definition) is 7. The summed E-state index contributed by atoms with van der Waals surface area (Å²) in [5, 5.41) is 9.28. The summed E-state index contributed by atoms with van der Waals surface area (Å²) < 4.78 is 6.75. The summed E-state index contributed by atoms with van der Waals surface area (Å²) >= 11 is 1.37. The van der Waals surface area contributed by atoms with E-state index in [1.807, 2.05) is 22.8 Å². The van der Waals surface area contributed by atoms with Crippen LogP contribution in [0.1, 0.15) is 29.3 Å². The molecular weight excluding hydrogens is 388 g/mol. The van der Waals surface area contributed by atoms with Crippen LogP contribution in [0, 0.1) is 0 Å². The molecule has 0 radical (unpaired) electrons. The fourth-order valence-corrected chi connectivity index (χ4v) is 3.70. The maximum Gasteiger partial charge on any atom is 0.337 e. The molecule has 0 spiro atoms. The molecule has 0 unspecified atom stereocenters. The quantitative estimate of drug-likeness (QED) is 0.394. The Hall–Kier alpha value is -3.00. The molecule has 3 aromatic rings. The monoisotopic (exact) mass is 410 g/mol. The average Bonchev–Trinajstić information content (AvgIpc) is 3.15. The van der Waals surface area contributed by atoms with Crippen LogP contribution in [0.4, 0.5) is 0 Å². The van der Waals surface area contributed by atoms with E-state index in [4.69, 9.17) is 4.74 Å². The highest BCUT2D eigenvalue weighted by Crippen LogP contribution is 2.24. The Bertz CT molecular complexity index is 989. The van der Waals surface area contributed by atoms with Gasteiger partial charge in [-0.05, 0) is 36.2 Å². The van der Waals surface area contributed by atoms with Gasteiger partial charge in [0.2, 0.25) is 0 Å². The molecule has 2 aromatic heterocycles. The third-order valence-electron chi connectivity index (χ3n) is 4.20. The van der Waals surface area contributed by atoms with E-state index in [1.54, 1.807) is 30.6 Å². The molecule has 0 aliphatic carbocycles. The van der Waals surface area contributed by atoms with Gasteiger partial charge in [0.05, 0.1) is 18.4 Å². The van der Waals surface area contributed by atoms with Crippen LogP contribution >= 0.6 is 11.8 Å². The first-order valence-electron chi connectivity index (χ1n) is 9.27. The van der Waals surface area contributed by atoms with Crippen molar-refractivity contribution in [3.8, 4) is 11.4 Å². The van der Waals surface area contributed by atoms with Gasteiger partial charge in [-0.3, -0.25) is 9.78 Å². The minimum atomic E-state index is -0.413. The van der Waals surface area contributed by atoms with E-state index in [1.165, 1.54) is 18.9 Å². The van der Waals surface area contributed by atoms with Crippen LogP contribution in [-0.4, -0.2) is 44.4 Å². The van der Waals surface area contributed by atoms with Gasteiger partial charge in [-0.1, -0.05) is 30.8 Å². The number of thioether (sulfide) groups is 1. The smallest absolute Gasteiger partial charge is 0.337 e. The predicted octanol–water partition coefficient (Wildman–Crippen LogP) is 3.44. The zero-order chi connectivity index (χ0) is 20.6. The van der Waals surface area contributed by atoms with E-state index in [0.29, 0.717) is 10.7 Å². The highest BCUT2D eigenvalue weighted by atomic mass is 32.2. The summed E-state index contributed by atoms with van der Waals surface area (Å²) in [5.41, 5.74) is 2.12. The van der Waals surface area contributed by atoms with E-state index in [9.17, 15) is 9.59 Å². The Morgan fingerprint density at radius 1 is 1.17 bits per heavy atom. The van der Waals surface area contributed by atoms with Crippen molar-refractivity contribution >= 4 is 23.5 Å². The number of carbonyl (C=O) groups excluding carboxylic acids is 2. The second-order valence-electron chi connectivity index (χ2n) is 6.40. The van der Waals surface area contributed by atoms with E-state index in [-0.39, 0.29) is 18.0 Å². The zero-order valence-corrected chi connectivity index (χ0v) is 17.2. The fraction of sp³-hybridized carbons (Fsp3) is 0.286. The zero-order valence-electron chi connectivity index (χ0n) is 16.4. The van der Waals surface area contributed by atoms with E-state index < -0.39 is 5.97 Å². The minimum Gasteiger partial charge on any atom is -0.465 e. The molecule has 0 fully saturated rings. The van der Waals surface area contributed by atoms with Gasteiger partial charge in [-0.15, -0.1) is 10.2 Å². The van der Waals surface area contributed by atoms with Gasteiger partial charge < -0.3 is 9.30 Å². The van der Waals surface area contributed by atoms with Gasteiger partial charge >= 0.3 is 5.97 Å². The summed E-state index contributed by atoms with van der Waals surface area (Å²) in [6.07, 6.45) is 4.64. The van der Waals surface area contributed by atoms with Crippen molar-refractivity contribution in [3.63, 3.8) is 0 Å². The molecule has 0 amide bonds. The van der Waals surface area contributed by atoms with Crippen molar-refractivity contribution in [1.82, 2.24) is 19.7 Å². The Kier molecular flexibility index (Phi) is 7.13. The molecule has 0 saturated heterocycles. The number of nitrogens with zero attached hydrogens (tertiary/aromatic N) is 4. The maximum atomic E-state index is 12.5. The van der Waals surface area contributed by atoms with Crippen molar-refractivity contribution in [3.05, 3.63) is 59.9 Å². The normalized spacial score (nSPS) is 10.7. The molecule has 1 aromatic carbocycles. The second kappa shape index (κ2) is 9.97. The van der Waals surface area contributed by atoms with Gasteiger partial charge in [0.1, 0.15) is 5.78 Å². The summed E-state index contributed by atoms with van der Waals surface area (Å²) in [4.78, 5) is 28.3. The maximum absolute atomic E-state index is 12.5. The van der Waals surface area contributed by atoms with Crippen molar-refractivity contribution in [2.45, 2.75) is 31.5 Å². The molecule has 0 bridgehead atoms. The Morgan fingerprint density at radius 2 is 2.03 bits per heavy atom. The Morgan fingerprint density at radius 3 is 2.76 bits per heavy atom. The number of hydrogen-bond donors (Lipinski definition) is 0. The van der Waals surface area contributed by atoms with Crippen molar-refractivity contribution < 1.29 is 14.3 Å². The van der Waals surface area contributed by atoms with Crippen molar-refractivity contribution in [2.24, 2.45) is 0 Å². The lowest BCUT2D eigenvalue weighted by molar-refractivity contribution is -0.116. The van der Waals surface area contributed by atoms with Gasteiger partial charge in [0.15, 0.2) is 11.0 Å². The topological polar surface area (TPSA) is 87.0 Å². The number of ketones is 1. The van der Waals surface area contributed by atoms with E-state index >= 15 is 0 Å². The third-order valence-corrected chi connectivity index (χ3v) is 5.22. The van der Waals surface area contributed by atoms with E-state index in [0.717, 1.165) is 29.9 Å². The van der Waals surface area contributed by atoms with E-state index in [2.05, 4.69) is 22.1 Å². The first-order valence-corrected chi connectivity index (χ1v) is 10.3. The highest BCUT2D eigenvalue weighted by molar-refractivity contribution is 7.99. The summed E-state index contributed by atoms with van der Waals surface area (Å²) in [7, 11) is 1.34. The first-order chi connectivity index (χ1) is 14.1. The Labute approximate surface area is 173 Å². The molecule has 0 N–H and O–H groups in total. The predicted molar refractivity (Wildman–Crippen MR) is 111 cm³/mol. The fourth-order valence-electron chi connectivity index (χ4n) is 2.88. The van der Waals surface area contributed by atoms with Crippen molar-refractivity contribution in [1.29, 1.82) is 0 Å². The van der Waals surface area contributed by atoms with Gasteiger partial charge in [-0.2, -0.15) is 0 Å². The first kappa shape index (κ1) is 20.7. The molecule has 0 aliphatic heterocycles. The van der Waals surface area contributed by atoms with Crippen molar-refractivity contribution in [2.75, 3.05) is 12.9 Å². The number of benzene rings is 1. The summed E-state index contributed by atoms with van der Waals surface area (Å²) in [6, 6.07) is 10.7. The lowest BCUT2D eigenvalue weighted by Crippen LogP contribution is -2.09. The standard InChI is InChI=1S/C21H22N4O3S/c1-3-10-25-19(17-8-5-9-22-13-17)23-24-21(25)29-14-18(26)12-15-6-4-7-16(11-15)20(27)28-2/h4-9,11,13H,3,10,12,14H2,1-2H3. The van der Waals surface area contributed by atoms with Gasteiger partial charge in [-0.25, -0.2) is 4.79 Å². The van der Waals surface area contributed by atoms with Crippen LogP contribution in [0.2, 0.25) is 0 Å². The molecule has 150 valence electrons. The van der Waals surface area contributed by atoms with Crippen LogP contribution in [0.3, 0.4) is 0 Å². The molecule has 2 heterocycles. The molecule has 3 rings (SSSR count). The van der Waals surface area contributed by atoms with Crippen LogP contribution in [-0.2, 0) is 22.5 Å². The molecule has 0 saturated carbocycles. The molecule has 8 heteroatoms. The summed E-state index contributed by atoms with van der Waals surface area (Å²) in [5.74, 6) is 0.660. The SMILES string of the molecule is CCCn1c(SCC(=O)Cc2cccc(C(=O)OC)c2)nnc1-c1cccnc1. The molecular formula is C21H22N4O3S. The van der Waals surface area contributed by atoms with Crippen LogP contribution < -0.4 is 0 Å². The van der Waals surface area contributed by atoms with Gasteiger partial charge in [0, 0.05) is 30.9 Å². The van der Waals surface area contributed by atoms with Crippen LogP contribution in [0.15, 0.2) is 53.9 Å². The number of ether oxygens (including phenoxy) is 1. The highest BCUT2D eigenvalue weighted by Gasteiger charge is 2.16. The van der Waals surface area contributed by atoms with Crippen LogP contribution in [0.5, 0.6) is 0 Å². The largest absolute Gasteiger partial charge is 0.465 e. The average molecular weight is 410 g/mol. The number of esters is 1. The number of carbonyl (C=O) groups is 2. The third kappa shape index (κ3) is 5.29. The molecule has 29 heavy (non-hydrogen) atoms. The second-order valence-corrected chi connectivity index (χ2v) is 7.34. The number of methoxy groups -OCH3 is 1. The number of pyridine rings is 1. The van der Waals surface area contributed by atoms with Crippen LogP contribution in [0.25, 0.3) is 11.4 Å². The lowest BCUT2D eigenvalue weighted by atomic mass is 10.1.